The van der Waals surface area contributed by atoms with Crippen molar-refractivity contribution in [2.45, 2.75) is 26.0 Å². The van der Waals surface area contributed by atoms with Crippen molar-refractivity contribution in [3.8, 4) is 0 Å². The van der Waals surface area contributed by atoms with Crippen LogP contribution in [0.1, 0.15) is 30.4 Å². The maximum Gasteiger partial charge on any atom is 0.334 e. The summed E-state index contributed by atoms with van der Waals surface area (Å²) in [6.45, 7) is 3.99. The van der Waals surface area contributed by atoms with E-state index < -0.39 is 18.0 Å². The molecule has 1 aromatic heterocycles. The van der Waals surface area contributed by atoms with Gasteiger partial charge in [-0.3, -0.25) is 9.59 Å². The van der Waals surface area contributed by atoms with Crippen LogP contribution < -0.4 is 5.56 Å². The van der Waals surface area contributed by atoms with Crippen LogP contribution in [0.4, 0.5) is 0 Å². The maximum atomic E-state index is 13.0. The number of hydrogen-bond donors (Lipinski definition) is 1. The quantitative estimate of drug-likeness (QED) is 0.887. The van der Waals surface area contributed by atoms with Crippen molar-refractivity contribution in [2.75, 3.05) is 19.7 Å². The summed E-state index contributed by atoms with van der Waals surface area (Å²) in [5.74, 6) is -1.51. The van der Waals surface area contributed by atoms with E-state index in [-0.39, 0.29) is 37.0 Å². The Morgan fingerprint density at radius 3 is 2.60 bits per heavy atom. The van der Waals surface area contributed by atoms with Crippen molar-refractivity contribution >= 4 is 22.6 Å². The van der Waals surface area contributed by atoms with Crippen LogP contribution in [0.5, 0.6) is 0 Å². The van der Waals surface area contributed by atoms with E-state index in [1.807, 2.05) is 13.8 Å². The lowest BCUT2D eigenvalue weighted by atomic mass is 10.1. The summed E-state index contributed by atoms with van der Waals surface area (Å²) in [5.41, 5.74) is -0.109. The SMILES string of the molecule is CC(C)n1nc(C(=O)N2CCO[C@@H](C(=O)O)C2)c2ccccc2c1=O. The van der Waals surface area contributed by atoms with E-state index in [0.717, 1.165) is 0 Å². The predicted molar refractivity (Wildman–Crippen MR) is 89.7 cm³/mol. The van der Waals surface area contributed by atoms with E-state index >= 15 is 0 Å². The largest absolute Gasteiger partial charge is 0.479 e. The molecular formula is C17H19N3O5. The molecule has 1 atom stereocenters. The van der Waals surface area contributed by atoms with Gasteiger partial charge in [0.2, 0.25) is 0 Å². The molecule has 0 spiro atoms. The van der Waals surface area contributed by atoms with Gasteiger partial charge in [0.05, 0.1) is 24.6 Å². The summed E-state index contributed by atoms with van der Waals surface area (Å²) in [6.07, 6.45) is -1.06. The number of morpholine rings is 1. The third-order valence-electron chi connectivity index (χ3n) is 4.15. The second kappa shape index (κ2) is 6.64. The number of carboxylic acid groups (broad SMARTS) is 1. The molecule has 2 aromatic rings. The number of benzene rings is 1. The molecule has 1 fully saturated rings. The topological polar surface area (TPSA) is 102 Å². The zero-order chi connectivity index (χ0) is 18.1. The van der Waals surface area contributed by atoms with Crippen LogP contribution in [-0.2, 0) is 9.53 Å². The molecule has 2 heterocycles. The standard InChI is InChI=1S/C17H19N3O5/c1-10(2)20-15(21)12-6-4-3-5-11(12)14(18-20)16(22)19-7-8-25-13(9-19)17(23)24/h3-6,10,13H,7-9H2,1-2H3,(H,23,24)/t13-/m1/s1. The Hall–Kier alpha value is -2.74. The molecule has 132 valence electrons. The van der Waals surface area contributed by atoms with E-state index in [9.17, 15) is 14.4 Å². The molecule has 25 heavy (non-hydrogen) atoms. The number of aliphatic carboxylic acids is 1. The van der Waals surface area contributed by atoms with Gasteiger partial charge in [-0.15, -0.1) is 0 Å². The molecular weight excluding hydrogens is 326 g/mol. The molecule has 1 amide bonds. The van der Waals surface area contributed by atoms with Crippen LogP contribution in [0.2, 0.25) is 0 Å². The van der Waals surface area contributed by atoms with Gasteiger partial charge in [0.15, 0.2) is 11.8 Å². The van der Waals surface area contributed by atoms with E-state index in [1.54, 1.807) is 24.3 Å². The Balaban J connectivity index is 2.08. The third-order valence-corrected chi connectivity index (χ3v) is 4.15. The van der Waals surface area contributed by atoms with Crippen LogP contribution in [0.3, 0.4) is 0 Å². The fourth-order valence-corrected chi connectivity index (χ4v) is 2.85. The molecule has 0 bridgehead atoms. The minimum Gasteiger partial charge on any atom is -0.479 e. The number of ether oxygens (including phenoxy) is 1. The summed E-state index contributed by atoms with van der Waals surface area (Å²) in [7, 11) is 0. The first-order valence-corrected chi connectivity index (χ1v) is 8.05. The first-order valence-electron chi connectivity index (χ1n) is 8.05. The van der Waals surface area contributed by atoms with Gasteiger partial charge in [0.25, 0.3) is 11.5 Å². The Labute approximate surface area is 143 Å². The fourth-order valence-electron chi connectivity index (χ4n) is 2.85. The summed E-state index contributed by atoms with van der Waals surface area (Å²) >= 11 is 0. The molecule has 1 aliphatic rings. The van der Waals surface area contributed by atoms with Gasteiger partial charge in [-0.1, -0.05) is 18.2 Å². The fraction of sp³-hybridized carbons (Fsp3) is 0.412. The molecule has 1 saturated heterocycles. The average Bonchev–Trinajstić information content (AvgIpc) is 2.61. The summed E-state index contributed by atoms with van der Waals surface area (Å²) in [4.78, 5) is 38.1. The number of amides is 1. The van der Waals surface area contributed by atoms with Crippen LogP contribution in [0.25, 0.3) is 10.8 Å². The van der Waals surface area contributed by atoms with Crippen LogP contribution in [0.15, 0.2) is 29.1 Å². The maximum absolute atomic E-state index is 13.0. The monoisotopic (exact) mass is 345 g/mol. The minimum absolute atomic E-state index is 0.0506. The van der Waals surface area contributed by atoms with Crippen molar-refractivity contribution in [3.63, 3.8) is 0 Å². The van der Waals surface area contributed by atoms with Crippen molar-refractivity contribution in [1.82, 2.24) is 14.7 Å². The van der Waals surface area contributed by atoms with Crippen molar-refractivity contribution in [2.24, 2.45) is 0 Å². The highest BCUT2D eigenvalue weighted by atomic mass is 16.5. The smallest absolute Gasteiger partial charge is 0.334 e. The van der Waals surface area contributed by atoms with Crippen LogP contribution >= 0.6 is 0 Å². The summed E-state index contributed by atoms with van der Waals surface area (Å²) in [6, 6.07) is 6.60. The third kappa shape index (κ3) is 3.12. The lowest BCUT2D eigenvalue weighted by Gasteiger charge is -2.31. The van der Waals surface area contributed by atoms with E-state index in [2.05, 4.69) is 5.10 Å². The summed E-state index contributed by atoms with van der Waals surface area (Å²) < 4.78 is 6.44. The predicted octanol–water partition coefficient (Wildman–Crippen LogP) is 0.903. The number of nitrogens with zero attached hydrogens (tertiary/aromatic N) is 3. The molecule has 0 aliphatic carbocycles. The molecule has 3 rings (SSSR count). The number of aromatic nitrogens is 2. The molecule has 1 aromatic carbocycles. The second-order valence-corrected chi connectivity index (χ2v) is 6.19. The van der Waals surface area contributed by atoms with Crippen molar-refractivity contribution < 1.29 is 19.4 Å². The van der Waals surface area contributed by atoms with Gasteiger partial charge in [-0.05, 0) is 19.9 Å². The molecule has 0 saturated carbocycles. The second-order valence-electron chi connectivity index (χ2n) is 6.19. The normalized spacial score (nSPS) is 17.9. The Kier molecular flexibility index (Phi) is 4.54. The average molecular weight is 345 g/mol. The first-order chi connectivity index (χ1) is 11.9. The highest BCUT2D eigenvalue weighted by molar-refractivity contribution is 6.05. The van der Waals surface area contributed by atoms with Crippen molar-refractivity contribution in [3.05, 3.63) is 40.3 Å². The van der Waals surface area contributed by atoms with Crippen LogP contribution in [0, 0.1) is 0 Å². The number of carboxylic acids is 1. The number of carbonyl (C=O) groups is 2. The van der Waals surface area contributed by atoms with E-state index in [1.165, 1.54) is 9.58 Å². The molecule has 0 radical (unpaired) electrons. The highest BCUT2D eigenvalue weighted by Gasteiger charge is 2.31. The van der Waals surface area contributed by atoms with E-state index in [4.69, 9.17) is 9.84 Å². The Morgan fingerprint density at radius 1 is 1.28 bits per heavy atom. The summed E-state index contributed by atoms with van der Waals surface area (Å²) in [5, 5.41) is 14.3. The van der Waals surface area contributed by atoms with E-state index in [0.29, 0.717) is 10.8 Å². The highest BCUT2D eigenvalue weighted by Crippen LogP contribution is 2.18. The first kappa shape index (κ1) is 17.1. The Bertz CT molecular complexity index is 889. The van der Waals surface area contributed by atoms with Gasteiger partial charge >= 0.3 is 5.97 Å². The number of carbonyl (C=O) groups excluding carboxylic acids is 1. The molecule has 1 aliphatic heterocycles. The van der Waals surface area contributed by atoms with Gasteiger partial charge in [-0.25, -0.2) is 9.48 Å². The van der Waals surface area contributed by atoms with Gasteiger partial charge in [0.1, 0.15) is 0 Å². The lowest BCUT2D eigenvalue weighted by Crippen LogP contribution is -2.49. The minimum atomic E-state index is -1.11. The molecule has 8 heteroatoms. The van der Waals surface area contributed by atoms with Gasteiger partial charge in [-0.2, -0.15) is 5.10 Å². The Morgan fingerprint density at radius 2 is 1.96 bits per heavy atom. The number of hydrogen-bond acceptors (Lipinski definition) is 5. The number of fused-ring (bicyclic) bond motifs is 1. The van der Waals surface area contributed by atoms with Crippen LogP contribution in [-0.4, -0.2) is 57.5 Å². The zero-order valence-corrected chi connectivity index (χ0v) is 14.0. The molecule has 1 N–H and O–H groups in total. The molecule has 8 nitrogen and oxygen atoms in total. The molecule has 0 unspecified atom stereocenters. The zero-order valence-electron chi connectivity index (χ0n) is 14.0. The number of rotatable bonds is 3. The lowest BCUT2D eigenvalue weighted by molar-refractivity contribution is -0.154. The van der Waals surface area contributed by atoms with Gasteiger partial charge in [0, 0.05) is 11.9 Å². The van der Waals surface area contributed by atoms with Gasteiger partial charge < -0.3 is 14.7 Å². The van der Waals surface area contributed by atoms with Crippen molar-refractivity contribution in [1.29, 1.82) is 0 Å².